The number of carboxylic acid groups (broad SMARTS) is 1. The van der Waals surface area contributed by atoms with E-state index < -0.39 is 22.0 Å². The van der Waals surface area contributed by atoms with Crippen LogP contribution in [0.4, 0.5) is 0 Å². The monoisotopic (exact) mass is 549 g/mol. The van der Waals surface area contributed by atoms with Crippen molar-refractivity contribution in [3.05, 3.63) is 106 Å². The highest BCUT2D eigenvalue weighted by atomic mass is 35.5. The first-order valence-electron chi connectivity index (χ1n) is 11.4. The predicted molar refractivity (Wildman–Crippen MR) is 143 cm³/mol. The largest absolute Gasteiger partial charge is 0.480 e. The predicted octanol–water partition coefficient (Wildman–Crippen LogP) is 5.80. The number of benzene rings is 3. The lowest BCUT2D eigenvalue weighted by Gasteiger charge is -2.22. The van der Waals surface area contributed by atoms with Crippen molar-refractivity contribution in [2.24, 2.45) is 0 Å². The van der Waals surface area contributed by atoms with Gasteiger partial charge in [-0.15, -0.1) is 11.3 Å². The Kier molecular flexibility index (Phi) is 5.88. The van der Waals surface area contributed by atoms with Crippen LogP contribution in [0.1, 0.15) is 22.9 Å². The SMILES string of the molecule is O=C(O)Cn1cc(C2c3ccccc3S(=O)(=O)N2Cc2csc(-c3ccc(Cl)cc3)n2)c2ccccc21. The molecule has 1 unspecified atom stereocenters. The van der Waals surface area contributed by atoms with Crippen molar-refractivity contribution >= 4 is 49.8 Å². The van der Waals surface area contributed by atoms with E-state index in [1.807, 2.05) is 53.9 Å². The molecule has 186 valence electrons. The summed E-state index contributed by atoms with van der Waals surface area (Å²) >= 11 is 7.46. The first-order valence-corrected chi connectivity index (χ1v) is 14.1. The van der Waals surface area contributed by atoms with E-state index >= 15 is 0 Å². The zero-order valence-corrected chi connectivity index (χ0v) is 21.7. The summed E-state index contributed by atoms with van der Waals surface area (Å²) in [7, 11) is -3.83. The molecule has 6 rings (SSSR count). The van der Waals surface area contributed by atoms with Crippen molar-refractivity contribution in [2.45, 2.75) is 24.0 Å². The quantitative estimate of drug-likeness (QED) is 0.289. The number of rotatable bonds is 6. The summed E-state index contributed by atoms with van der Waals surface area (Å²) in [6.45, 7) is -0.150. The van der Waals surface area contributed by atoms with Crippen LogP contribution in [0.2, 0.25) is 5.02 Å². The lowest BCUT2D eigenvalue weighted by molar-refractivity contribution is -0.137. The molecule has 1 aliphatic heterocycles. The number of sulfonamides is 1. The minimum absolute atomic E-state index is 0.0736. The van der Waals surface area contributed by atoms with Crippen LogP contribution >= 0.6 is 22.9 Å². The van der Waals surface area contributed by atoms with Gasteiger partial charge >= 0.3 is 5.97 Å². The molecule has 0 saturated heterocycles. The van der Waals surface area contributed by atoms with Gasteiger partial charge in [-0.3, -0.25) is 4.79 Å². The van der Waals surface area contributed by atoms with Crippen LogP contribution in [0.5, 0.6) is 0 Å². The first-order chi connectivity index (χ1) is 17.8. The molecular formula is C27H20ClN3O4S2. The molecule has 1 N–H and O–H groups in total. The molecule has 0 fully saturated rings. The third-order valence-corrected chi connectivity index (χ3v) is 9.55. The zero-order chi connectivity index (χ0) is 25.7. The molecule has 10 heteroatoms. The molecule has 3 aromatic carbocycles. The number of carboxylic acids is 1. The van der Waals surface area contributed by atoms with Crippen molar-refractivity contribution in [3.8, 4) is 10.6 Å². The highest BCUT2D eigenvalue weighted by molar-refractivity contribution is 7.89. The van der Waals surface area contributed by atoms with Gasteiger partial charge in [-0.2, -0.15) is 4.31 Å². The molecule has 1 atom stereocenters. The van der Waals surface area contributed by atoms with Gasteiger partial charge in [0, 0.05) is 38.6 Å². The number of thiazole rings is 1. The van der Waals surface area contributed by atoms with Gasteiger partial charge in [-0.05, 0) is 29.8 Å². The second kappa shape index (κ2) is 9.11. The minimum atomic E-state index is -3.83. The fourth-order valence-electron chi connectivity index (χ4n) is 4.89. The van der Waals surface area contributed by atoms with Gasteiger partial charge in [0.15, 0.2) is 0 Å². The van der Waals surface area contributed by atoms with Gasteiger partial charge in [0.2, 0.25) is 10.0 Å². The van der Waals surface area contributed by atoms with Crippen molar-refractivity contribution in [1.29, 1.82) is 0 Å². The molecule has 0 spiro atoms. The maximum atomic E-state index is 13.8. The highest BCUT2D eigenvalue weighted by Crippen LogP contribution is 2.46. The fraction of sp³-hybridized carbons (Fsp3) is 0.111. The first kappa shape index (κ1) is 23.9. The van der Waals surface area contributed by atoms with Gasteiger partial charge < -0.3 is 9.67 Å². The molecule has 7 nitrogen and oxygen atoms in total. The summed E-state index contributed by atoms with van der Waals surface area (Å²) in [4.78, 5) is 16.5. The van der Waals surface area contributed by atoms with E-state index in [0.29, 0.717) is 16.3 Å². The van der Waals surface area contributed by atoms with E-state index in [1.54, 1.807) is 35.0 Å². The number of aromatic nitrogens is 2. The van der Waals surface area contributed by atoms with Crippen LogP contribution in [0.25, 0.3) is 21.5 Å². The highest BCUT2D eigenvalue weighted by Gasteiger charge is 2.44. The van der Waals surface area contributed by atoms with Gasteiger partial charge in [-0.25, -0.2) is 13.4 Å². The van der Waals surface area contributed by atoms with E-state index in [2.05, 4.69) is 0 Å². The van der Waals surface area contributed by atoms with Crippen molar-refractivity contribution < 1.29 is 18.3 Å². The van der Waals surface area contributed by atoms with E-state index in [-0.39, 0.29) is 18.0 Å². The Bertz CT molecular complexity index is 1760. The molecule has 0 saturated carbocycles. The smallest absolute Gasteiger partial charge is 0.323 e. The third kappa shape index (κ3) is 4.14. The molecule has 0 radical (unpaired) electrons. The standard InChI is InChI=1S/C27H20ClN3O4S2/c28-18-11-9-17(10-12-18)27-29-19(16-36-27)13-31-26(21-6-2-4-8-24(21)37(31,34)35)22-14-30(15-25(32)33)23-7-3-1-5-20(22)23/h1-12,14,16,26H,13,15H2,(H,32,33). The molecule has 0 bridgehead atoms. The van der Waals surface area contributed by atoms with Crippen LogP contribution in [0, 0.1) is 0 Å². The zero-order valence-electron chi connectivity index (χ0n) is 19.3. The summed E-state index contributed by atoms with van der Waals surface area (Å²) in [6, 6.07) is 21.2. The molecule has 2 aromatic heterocycles. The van der Waals surface area contributed by atoms with Gasteiger partial charge in [0.1, 0.15) is 11.6 Å². The number of hydrogen-bond acceptors (Lipinski definition) is 5. The Morgan fingerprint density at radius 1 is 1.00 bits per heavy atom. The molecule has 0 amide bonds. The number of para-hydroxylation sites is 1. The van der Waals surface area contributed by atoms with E-state index in [9.17, 15) is 18.3 Å². The van der Waals surface area contributed by atoms with E-state index in [4.69, 9.17) is 16.6 Å². The summed E-state index contributed by atoms with van der Waals surface area (Å²) in [5, 5.41) is 13.5. The number of aliphatic carboxylic acids is 1. The molecule has 0 aliphatic carbocycles. The Morgan fingerprint density at radius 2 is 1.73 bits per heavy atom. The number of nitrogens with zero attached hydrogens (tertiary/aromatic N) is 3. The van der Waals surface area contributed by atoms with Crippen molar-refractivity contribution in [3.63, 3.8) is 0 Å². The summed E-state index contributed by atoms with van der Waals surface area (Å²) in [6.07, 6.45) is 1.76. The number of fused-ring (bicyclic) bond motifs is 2. The van der Waals surface area contributed by atoms with Gasteiger partial charge in [0.05, 0.1) is 23.2 Å². The van der Waals surface area contributed by atoms with Crippen LogP contribution in [-0.4, -0.2) is 33.3 Å². The summed E-state index contributed by atoms with van der Waals surface area (Å²) in [5.74, 6) is -0.971. The second-order valence-corrected chi connectivity index (χ2v) is 11.9. The lowest BCUT2D eigenvalue weighted by Crippen LogP contribution is -2.28. The topological polar surface area (TPSA) is 92.5 Å². The van der Waals surface area contributed by atoms with Crippen molar-refractivity contribution in [1.82, 2.24) is 13.9 Å². The summed E-state index contributed by atoms with van der Waals surface area (Å²) in [5.41, 5.74) is 3.67. The number of carbonyl (C=O) groups is 1. The molecule has 37 heavy (non-hydrogen) atoms. The minimum Gasteiger partial charge on any atom is -0.480 e. The van der Waals surface area contributed by atoms with Gasteiger partial charge in [-0.1, -0.05) is 60.1 Å². The average molecular weight is 550 g/mol. The van der Waals surface area contributed by atoms with Gasteiger partial charge in [0.25, 0.3) is 0 Å². The fourth-order valence-corrected chi connectivity index (χ4v) is 7.63. The Morgan fingerprint density at radius 3 is 2.51 bits per heavy atom. The van der Waals surface area contributed by atoms with Crippen molar-refractivity contribution in [2.75, 3.05) is 0 Å². The van der Waals surface area contributed by atoms with E-state index in [0.717, 1.165) is 27.0 Å². The molecule has 5 aromatic rings. The lowest BCUT2D eigenvalue weighted by atomic mass is 9.98. The van der Waals surface area contributed by atoms with Crippen LogP contribution in [-0.2, 0) is 27.9 Å². The third-order valence-electron chi connectivity index (χ3n) is 6.47. The van der Waals surface area contributed by atoms with E-state index in [1.165, 1.54) is 15.6 Å². The van der Waals surface area contributed by atoms with Crippen LogP contribution in [0.15, 0.2) is 89.3 Å². The number of halogens is 1. The Balaban J connectivity index is 1.46. The molecule has 1 aliphatic rings. The average Bonchev–Trinajstić information content (AvgIpc) is 3.55. The van der Waals surface area contributed by atoms with Crippen LogP contribution in [0.3, 0.4) is 0 Å². The maximum absolute atomic E-state index is 13.8. The molecule has 3 heterocycles. The normalized spacial score (nSPS) is 16.7. The van der Waals surface area contributed by atoms with Crippen LogP contribution < -0.4 is 0 Å². The second-order valence-electron chi connectivity index (χ2n) is 8.76. The summed E-state index contributed by atoms with van der Waals surface area (Å²) < 4.78 is 30.7. The molecular weight excluding hydrogens is 530 g/mol. The maximum Gasteiger partial charge on any atom is 0.323 e. The Labute approximate surface area is 222 Å². The number of hydrogen-bond donors (Lipinski definition) is 1. The Hall–Kier alpha value is -3.50.